The SMILES string of the molecule is NC(=O)C(Cc1ccccc1)c1cccc(CNS(=O)c2cn[nH]c2)c1. The van der Waals surface area contributed by atoms with E-state index in [2.05, 4.69) is 14.9 Å². The summed E-state index contributed by atoms with van der Waals surface area (Å²) < 4.78 is 15.1. The molecule has 0 aliphatic rings. The lowest BCUT2D eigenvalue weighted by atomic mass is 9.90. The number of H-pyrrole nitrogens is 1. The summed E-state index contributed by atoms with van der Waals surface area (Å²) in [6.45, 7) is 0.405. The second-order valence-electron chi connectivity index (χ2n) is 5.91. The molecule has 3 aromatic rings. The Kier molecular flexibility index (Phi) is 5.93. The summed E-state index contributed by atoms with van der Waals surface area (Å²) in [6.07, 6.45) is 3.65. The third-order valence-corrected chi connectivity index (χ3v) is 5.13. The van der Waals surface area contributed by atoms with E-state index in [4.69, 9.17) is 5.73 Å². The van der Waals surface area contributed by atoms with Gasteiger partial charge in [0.2, 0.25) is 5.91 Å². The van der Waals surface area contributed by atoms with E-state index < -0.39 is 16.9 Å². The minimum absolute atomic E-state index is 0.360. The molecular weight excluding hydrogens is 348 g/mol. The predicted molar refractivity (Wildman–Crippen MR) is 100 cm³/mol. The van der Waals surface area contributed by atoms with Crippen LogP contribution in [0.25, 0.3) is 0 Å². The van der Waals surface area contributed by atoms with Crippen molar-refractivity contribution in [3.63, 3.8) is 0 Å². The van der Waals surface area contributed by atoms with Crippen molar-refractivity contribution < 1.29 is 9.00 Å². The second kappa shape index (κ2) is 8.55. The van der Waals surface area contributed by atoms with E-state index in [-0.39, 0.29) is 5.91 Å². The normalized spacial score (nSPS) is 13.2. The van der Waals surface area contributed by atoms with Crippen molar-refractivity contribution in [3.05, 3.63) is 83.7 Å². The van der Waals surface area contributed by atoms with Crippen LogP contribution in [0.5, 0.6) is 0 Å². The van der Waals surface area contributed by atoms with Crippen molar-refractivity contribution in [2.45, 2.75) is 23.8 Å². The molecule has 134 valence electrons. The molecule has 7 heteroatoms. The Morgan fingerprint density at radius 1 is 1.15 bits per heavy atom. The van der Waals surface area contributed by atoms with Gasteiger partial charge in [0.15, 0.2) is 0 Å². The van der Waals surface area contributed by atoms with Crippen molar-refractivity contribution in [2.75, 3.05) is 0 Å². The first kappa shape index (κ1) is 18.0. The van der Waals surface area contributed by atoms with E-state index in [0.717, 1.165) is 16.7 Å². The molecule has 6 nitrogen and oxygen atoms in total. The van der Waals surface area contributed by atoms with E-state index in [0.29, 0.717) is 17.9 Å². The standard InChI is InChI=1S/C19H20N4O2S/c20-19(24)18(10-14-5-2-1-3-6-14)16-8-4-7-15(9-16)11-23-26(25)17-12-21-22-13-17/h1-9,12-13,18,23H,10-11H2,(H2,20,24)(H,21,22). The Hall–Kier alpha value is -2.77. The number of aromatic amines is 1. The molecule has 0 fully saturated rings. The highest BCUT2D eigenvalue weighted by Crippen LogP contribution is 2.22. The van der Waals surface area contributed by atoms with Gasteiger partial charge >= 0.3 is 0 Å². The molecule has 0 aliphatic heterocycles. The van der Waals surface area contributed by atoms with E-state index in [9.17, 15) is 9.00 Å². The number of benzene rings is 2. The number of primary amides is 1. The van der Waals surface area contributed by atoms with Crippen LogP contribution in [0, 0.1) is 0 Å². The smallest absolute Gasteiger partial charge is 0.225 e. The van der Waals surface area contributed by atoms with Gasteiger partial charge in [-0.25, -0.2) is 8.93 Å². The average Bonchev–Trinajstić information content (AvgIpc) is 3.20. The zero-order valence-electron chi connectivity index (χ0n) is 14.1. The van der Waals surface area contributed by atoms with Gasteiger partial charge in [-0.05, 0) is 23.1 Å². The van der Waals surface area contributed by atoms with Gasteiger partial charge in [0, 0.05) is 12.7 Å². The third kappa shape index (κ3) is 4.65. The number of nitrogens with zero attached hydrogens (tertiary/aromatic N) is 1. The lowest BCUT2D eigenvalue weighted by molar-refractivity contribution is -0.119. The molecule has 2 unspecified atom stereocenters. The highest BCUT2D eigenvalue weighted by molar-refractivity contribution is 7.83. The van der Waals surface area contributed by atoms with E-state index in [1.54, 1.807) is 6.20 Å². The number of carbonyl (C=O) groups is 1. The lowest BCUT2D eigenvalue weighted by Gasteiger charge is -2.15. The monoisotopic (exact) mass is 368 g/mol. The fourth-order valence-electron chi connectivity index (χ4n) is 2.72. The highest BCUT2D eigenvalue weighted by atomic mass is 32.2. The van der Waals surface area contributed by atoms with Gasteiger partial charge in [-0.2, -0.15) is 5.10 Å². The molecule has 3 rings (SSSR count). The van der Waals surface area contributed by atoms with Crippen molar-refractivity contribution in [3.8, 4) is 0 Å². The third-order valence-electron chi connectivity index (χ3n) is 4.07. The summed E-state index contributed by atoms with van der Waals surface area (Å²) in [4.78, 5) is 12.6. The number of hydrogen-bond acceptors (Lipinski definition) is 3. The van der Waals surface area contributed by atoms with Gasteiger partial charge < -0.3 is 5.73 Å². The maximum absolute atomic E-state index is 12.1. The molecule has 1 aromatic heterocycles. The molecule has 4 N–H and O–H groups in total. The van der Waals surface area contributed by atoms with Crippen molar-refractivity contribution >= 4 is 16.9 Å². The Balaban J connectivity index is 1.72. The van der Waals surface area contributed by atoms with Crippen LogP contribution in [-0.2, 0) is 28.7 Å². The number of hydrogen-bond donors (Lipinski definition) is 3. The number of aromatic nitrogens is 2. The summed E-state index contributed by atoms with van der Waals surface area (Å²) in [7, 11) is -1.35. The molecule has 0 saturated carbocycles. The predicted octanol–water partition coefficient (Wildman–Crippen LogP) is 2.03. The molecule has 26 heavy (non-hydrogen) atoms. The molecule has 0 bridgehead atoms. The molecule has 1 heterocycles. The molecule has 1 amide bonds. The second-order valence-corrected chi connectivity index (χ2v) is 7.21. The molecule has 2 atom stereocenters. The Morgan fingerprint density at radius 3 is 2.62 bits per heavy atom. The van der Waals surface area contributed by atoms with Gasteiger partial charge in [0.25, 0.3) is 0 Å². The minimum atomic E-state index is -1.35. The van der Waals surface area contributed by atoms with Crippen molar-refractivity contribution in [1.29, 1.82) is 0 Å². The van der Waals surface area contributed by atoms with Gasteiger partial charge in [0.1, 0.15) is 11.0 Å². The molecular formula is C19H20N4O2S. The van der Waals surface area contributed by atoms with E-state index in [1.807, 2.05) is 54.6 Å². The summed E-state index contributed by atoms with van der Waals surface area (Å²) in [5.74, 6) is -0.766. The molecule has 0 aliphatic carbocycles. The van der Waals surface area contributed by atoms with Gasteiger partial charge in [-0.15, -0.1) is 0 Å². The number of rotatable bonds is 8. The summed E-state index contributed by atoms with van der Waals surface area (Å²) in [6, 6.07) is 17.4. The van der Waals surface area contributed by atoms with Crippen LogP contribution >= 0.6 is 0 Å². The molecule has 0 radical (unpaired) electrons. The Bertz CT molecular complexity index is 882. The molecule has 0 spiro atoms. The first-order valence-corrected chi connectivity index (χ1v) is 9.34. The largest absolute Gasteiger partial charge is 0.369 e. The lowest BCUT2D eigenvalue weighted by Crippen LogP contribution is -2.23. The quantitative estimate of drug-likeness (QED) is 0.567. The Morgan fingerprint density at radius 2 is 1.92 bits per heavy atom. The van der Waals surface area contributed by atoms with Crippen LogP contribution in [0.1, 0.15) is 22.6 Å². The number of carbonyl (C=O) groups excluding carboxylic acids is 1. The zero-order chi connectivity index (χ0) is 18.4. The van der Waals surface area contributed by atoms with Gasteiger partial charge in [0.05, 0.1) is 17.0 Å². The van der Waals surface area contributed by atoms with Crippen LogP contribution in [0.2, 0.25) is 0 Å². The van der Waals surface area contributed by atoms with E-state index >= 15 is 0 Å². The summed E-state index contributed by atoms with van der Waals surface area (Å²) >= 11 is 0. The van der Waals surface area contributed by atoms with Crippen LogP contribution < -0.4 is 10.5 Å². The van der Waals surface area contributed by atoms with Crippen LogP contribution in [-0.4, -0.2) is 20.3 Å². The fraction of sp³-hybridized carbons (Fsp3) is 0.158. The maximum atomic E-state index is 12.1. The Labute approximate surface area is 154 Å². The van der Waals surface area contributed by atoms with Crippen molar-refractivity contribution in [2.24, 2.45) is 5.73 Å². The fourth-order valence-corrected chi connectivity index (χ4v) is 3.50. The number of nitrogens with two attached hydrogens (primary N) is 1. The number of nitrogens with one attached hydrogen (secondary N) is 2. The van der Waals surface area contributed by atoms with Gasteiger partial charge in [-0.3, -0.25) is 9.89 Å². The highest BCUT2D eigenvalue weighted by Gasteiger charge is 2.18. The molecule has 0 saturated heterocycles. The molecule has 2 aromatic carbocycles. The van der Waals surface area contributed by atoms with Crippen LogP contribution in [0.15, 0.2) is 71.9 Å². The zero-order valence-corrected chi connectivity index (χ0v) is 14.9. The van der Waals surface area contributed by atoms with Gasteiger partial charge in [-0.1, -0.05) is 54.6 Å². The summed E-state index contributed by atoms with van der Waals surface area (Å²) in [5.41, 5.74) is 8.48. The first-order chi connectivity index (χ1) is 12.6. The van der Waals surface area contributed by atoms with Crippen LogP contribution in [0.4, 0.5) is 0 Å². The van der Waals surface area contributed by atoms with E-state index in [1.165, 1.54) is 6.20 Å². The first-order valence-electron chi connectivity index (χ1n) is 8.19. The van der Waals surface area contributed by atoms with Crippen LogP contribution in [0.3, 0.4) is 0 Å². The summed E-state index contributed by atoms with van der Waals surface area (Å²) in [5, 5.41) is 6.42. The average molecular weight is 368 g/mol. The van der Waals surface area contributed by atoms with Crippen molar-refractivity contribution in [1.82, 2.24) is 14.9 Å². The number of amides is 1. The maximum Gasteiger partial charge on any atom is 0.225 e. The minimum Gasteiger partial charge on any atom is -0.369 e. The topological polar surface area (TPSA) is 101 Å².